The molecule has 21 heavy (non-hydrogen) atoms. The van der Waals surface area contributed by atoms with Crippen LogP contribution in [-0.2, 0) is 16.6 Å². The monoisotopic (exact) mass is 388 g/mol. The molecule has 112 valence electrons. The lowest BCUT2D eigenvalue weighted by atomic mass is 10.2. The van der Waals surface area contributed by atoms with Gasteiger partial charge in [-0.25, -0.2) is 13.6 Å². The van der Waals surface area contributed by atoms with Gasteiger partial charge in [0.1, 0.15) is 0 Å². The molecular formula is C14H14BrClN2O2S. The van der Waals surface area contributed by atoms with Crippen molar-refractivity contribution in [1.82, 2.24) is 0 Å². The van der Waals surface area contributed by atoms with Crippen molar-refractivity contribution in [2.45, 2.75) is 18.4 Å². The smallest absolute Gasteiger partial charge is 0.238 e. The van der Waals surface area contributed by atoms with Crippen LogP contribution in [0.2, 0.25) is 5.02 Å². The van der Waals surface area contributed by atoms with E-state index in [1.165, 1.54) is 12.1 Å². The highest BCUT2D eigenvalue weighted by atomic mass is 79.9. The van der Waals surface area contributed by atoms with Crippen LogP contribution < -0.4 is 10.5 Å². The van der Waals surface area contributed by atoms with Crippen LogP contribution in [0.15, 0.2) is 45.8 Å². The van der Waals surface area contributed by atoms with E-state index >= 15 is 0 Å². The third kappa shape index (κ3) is 4.20. The van der Waals surface area contributed by atoms with E-state index in [1.54, 1.807) is 12.1 Å². The van der Waals surface area contributed by atoms with Gasteiger partial charge in [-0.3, -0.25) is 0 Å². The molecule has 0 heterocycles. The van der Waals surface area contributed by atoms with Crippen molar-refractivity contribution in [3.63, 3.8) is 0 Å². The number of hydrogen-bond acceptors (Lipinski definition) is 3. The summed E-state index contributed by atoms with van der Waals surface area (Å²) in [4.78, 5) is 0.0887. The van der Waals surface area contributed by atoms with Crippen molar-refractivity contribution >= 4 is 43.2 Å². The van der Waals surface area contributed by atoms with E-state index in [2.05, 4.69) is 21.2 Å². The molecule has 0 saturated carbocycles. The maximum atomic E-state index is 11.4. The highest BCUT2D eigenvalue weighted by Crippen LogP contribution is 2.24. The second kappa shape index (κ2) is 6.36. The number of primary sulfonamides is 1. The summed E-state index contributed by atoms with van der Waals surface area (Å²) < 4.78 is 23.7. The summed E-state index contributed by atoms with van der Waals surface area (Å²) in [6, 6.07) is 10.3. The number of nitrogens with two attached hydrogens (primary N) is 1. The average Bonchev–Trinajstić information content (AvgIpc) is 2.38. The van der Waals surface area contributed by atoms with Crippen molar-refractivity contribution in [2.24, 2.45) is 5.14 Å². The molecule has 0 aromatic heterocycles. The average molecular weight is 390 g/mol. The Bertz CT molecular complexity index is 779. The quantitative estimate of drug-likeness (QED) is 0.838. The maximum Gasteiger partial charge on any atom is 0.238 e. The van der Waals surface area contributed by atoms with E-state index in [9.17, 15) is 8.42 Å². The van der Waals surface area contributed by atoms with Crippen LogP contribution in [0.4, 0.5) is 5.69 Å². The van der Waals surface area contributed by atoms with Gasteiger partial charge in [0.05, 0.1) is 4.90 Å². The number of rotatable bonds is 4. The van der Waals surface area contributed by atoms with Crippen LogP contribution in [-0.4, -0.2) is 8.42 Å². The van der Waals surface area contributed by atoms with Crippen molar-refractivity contribution in [3.05, 3.63) is 57.0 Å². The first-order chi connectivity index (χ1) is 9.77. The molecule has 0 spiro atoms. The van der Waals surface area contributed by atoms with Crippen LogP contribution >= 0.6 is 27.5 Å². The minimum absolute atomic E-state index is 0.0887. The van der Waals surface area contributed by atoms with Crippen molar-refractivity contribution < 1.29 is 8.42 Å². The molecule has 0 aliphatic rings. The molecule has 0 unspecified atom stereocenters. The van der Waals surface area contributed by atoms with Crippen LogP contribution in [0.3, 0.4) is 0 Å². The van der Waals surface area contributed by atoms with Crippen molar-refractivity contribution in [3.8, 4) is 0 Å². The van der Waals surface area contributed by atoms with Crippen LogP contribution in [0, 0.1) is 6.92 Å². The topological polar surface area (TPSA) is 72.2 Å². The molecule has 0 aliphatic heterocycles. The summed E-state index contributed by atoms with van der Waals surface area (Å²) in [5.41, 5.74) is 2.68. The van der Waals surface area contributed by atoms with Crippen molar-refractivity contribution in [2.75, 3.05) is 5.32 Å². The summed E-state index contributed by atoms with van der Waals surface area (Å²) in [5.74, 6) is 0. The molecule has 0 bridgehead atoms. The summed E-state index contributed by atoms with van der Waals surface area (Å²) in [5, 5.41) is 9.01. The fourth-order valence-corrected chi connectivity index (χ4v) is 3.19. The Morgan fingerprint density at radius 2 is 1.95 bits per heavy atom. The van der Waals surface area contributed by atoms with Gasteiger partial charge in [-0.2, -0.15) is 0 Å². The lowest BCUT2D eigenvalue weighted by Crippen LogP contribution is -2.13. The lowest BCUT2D eigenvalue weighted by molar-refractivity contribution is 0.598. The van der Waals surface area contributed by atoms with Gasteiger partial charge in [0.2, 0.25) is 10.0 Å². The molecule has 0 fully saturated rings. The summed E-state index contributed by atoms with van der Waals surface area (Å²) >= 11 is 9.34. The Hall–Kier alpha value is -1.08. The number of anilines is 1. The number of aryl methyl sites for hydroxylation is 1. The number of hydrogen-bond donors (Lipinski definition) is 2. The maximum absolute atomic E-state index is 11.4. The van der Waals surface area contributed by atoms with Gasteiger partial charge < -0.3 is 5.32 Å². The minimum atomic E-state index is -3.71. The van der Waals surface area contributed by atoms with Gasteiger partial charge in [-0.15, -0.1) is 0 Å². The molecule has 3 N–H and O–H groups in total. The fourth-order valence-electron chi connectivity index (χ4n) is 1.82. The van der Waals surface area contributed by atoms with E-state index in [0.29, 0.717) is 11.6 Å². The third-order valence-electron chi connectivity index (χ3n) is 3.02. The van der Waals surface area contributed by atoms with Crippen LogP contribution in [0.25, 0.3) is 0 Å². The van der Waals surface area contributed by atoms with E-state index in [0.717, 1.165) is 21.3 Å². The van der Waals surface area contributed by atoms with Gasteiger partial charge >= 0.3 is 0 Å². The zero-order valence-electron chi connectivity index (χ0n) is 11.2. The molecule has 0 atom stereocenters. The third-order valence-corrected chi connectivity index (χ3v) is 4.91. The standard InChI is InChI=1S/C14H14BrClN2O2S/c1-9-2-5-12(21(17,19)20)7-14(9)18-8-10-3-4-11(16)6-13(10)15/h2-7,18H,8H2,1H3,(H2,17,19,20). The number of benzene rings is 2. The minimum Gasteiger partial charge on any atom is -0.381 e. The number of halogens is 2. The summed E-state index contributed by atoms with van der Waals surface area (Å²) in [6.07, 6.45) is 0. The zero-order valence-corrected chi connectivity index (χ0v) is 14.4. The highest BCUT2D eigenvalue weighted by Gasteiger charge is 2.10. The van der Waals surface area contributed by atoms with Gasteiger partial charge in [-0.1, -0.05) is 39.7 Å². The molecule has 0 aliphatic carbocycles. The molecule has 0 radical (unpaired) electrons. The Morgan fingerprint density at radius 1 is 1.24 bits per heavy atom. The first kappa shape index (κ1) is 16.3. The molecule has 2 aromatic carbocycles. The lowest BCUT2D eigenvalue weighted by Gasteiger charge is -2.12. The van der Waals surface area contributed by atoms with Gasteiger partial charge in [0, 0.05) is 21.7 Å². The SMILES string of the molecule is Cc1ccc(S(N)(=O)=O)cc1NCc1ccc(Cl)cc1Br. The predicted molar refractivity (Wildman–Crippen MR) is 89.0 cm³/mol. The Labute approximate surface area is 137 Å². The predicted octanol–water partition coefficient (Wildman–Crippen LogP) is 3.67. The Kier molecular flexibility index (Phi) is 4.93. The van der Waals surface area contributed by atoms with Crippen molar-refractivity contribution in [1.29, 1.82) is 0 Å². The second-order valence-electron chi connectivity index (χ2n) is 4.61. The number of sulfonamides is 1. The zero-order chi connectivity index (χ0) is 15.6. The molecule has 7 heteroatoms. The first-order valence-corrected chi connectivity index (χ1v) is 8.80. The van der Waals surface area contributed by atoms with Crippen LogP contribution in [0.5, 0.6) is 0 Å². The van der Waals surface area contributed by atoms with E-state index in [4.69, 9.17) is 16.7 Å². The molecule has 2 aromatic rings. The largest absolute Gasteiger partial charge is 0.381 e. The summed E-state index contributed by atoms with van der Waals surface area (Å²) in [7, 11) is -3.71. The van der Waals surface area contributed by atoms with Gasteiger partial charge in [0.15, 0.2) is 0 Å². The second-order valence-corrected chi connectivity index (χ2v) is 7.46. The Morgan fingerprint density at radius 3 is 2.57 bits per heavy atom. The normalized spacial score (nSPS) is 11.4. The molecule has 2 rings (SSSR count). The van der Waals surface area contributed by atoms with Gasteiger partial charge in [-0.05, 0) is 42.3 Å². The number of nitrogens with one attached hydrogen (secondary N) is 1. The van der Waals surface area contributed by atoms with E-state index in [1.807, 2.05) is 19.1 Å². The summed E-state index contributed by atoms with van der Waals surface area (Å²) in [6.45, 7) is 2.43. The molecular weight excluding hydrogens is 376 g/mol. The fraction of sp³-hybridized carbons (Fsp3) is 0.143. The molecule has 0 saturated heterocycles. The van der Waals surface area contributed by atoms with E-state index in [-0.39, 0.29) is 4.90 Å². The molecule has 4 nitrogen and oxygen atoms in total. The first-order valence-electron chi connectivity index (χ1n) is 6.08. The highest BCUT2D eigenvalue weighted by molar-refractivity contribution is 9.10. The Balaban J connectivity index is 2.23. The van der Waals surface area contributed by atoms with Gasteiger partial charge in [0.25, 0.3) is 0 Å². The van der Waals surface area contributed by atoms with E-state index < -0.39 is 10.0 Å². The van der Waals surface area contributed by atoms with Crippen LogP contribution in [0.1, 0.15) is 11.1 Å². The molecule has 0 amide bonds.